The highest BCUT2D eigenvalue weighted by Gasteiger charge is 2.45. The van der Waals surface area contributed by atoms with Gasteiger partial charge in [-0.1, -0.05) is 113 Å². The molecule has 7 unspecified atom stereocenters. The van der Waals surface area contributed by atoms with E-state index in [1.165, 1.54) is 57.6 Å². The summed E-state index contributed by atoms with van der Waals surface area (Å²) in [5.41, 5.74) is 6.53. The maximum absolute atomic E-state index is 14.8. The van der Waals surface area contributed by atoms with E-state index in [1.54, 1.807) is 35.0 Å². The van der Waals surface area contributed by atoms with E-state index < -0.39 is 89.6 Å². The molecule has 61 heavy (non-hydrogen) atoms. The number of benzene rings is 1. The van der Waals surface area contributed by atoms with Crippen LogP contribution in [0.25, 0.3) is 0 Å². The fraction of sp³-hybridized carbons (Fsp3) is 0.717. The summed E-state index contributed by atoms with van der Waals surface area (Å²) in [6.07, 6.45) is 0.141. The third-order valence-corrected chi connectivity index (χ3v) is 11.9. The summed E-state index contributed by atoms with van der Waals surface area (Å²) in [6.45, 7) is 22.1. The molecular formula is C46H80N8O7. The zero-order chi connectivity index (χ0) is 47.5. The molecule has 7 atom stereocenters. The van der Waals surface area contributed by atoms with Crippen molar-refractivity contribution < 1.29 is 33.6 Å². The molecule has 0 aromatic heterocycles. The lowest BCUT2D eigenvalue weighted by atomic mass is 9.93. The van der Waals surface area contributed by atoms with Gasteiger partial charge in [0.15, 0.2) is 0 Å². The van der Waals surface area contributed by atoms with E-state index in [0.717, 1.165) is 5.56 Å². The van der Waals surface area contributed by atoms with Crippen molar-refractivity contribution in [2.75, 3.05) is 49.3 Å². The highest BCUT2D eigenvalue weighted by Crippen LogP contribution is 2.25. The molecule has 0 aliphatic carbocycles. The molecule has 1 aromatic carbocycles. The number of carbonyl (C=O) groups is 7. The highest BCUT2D eigenvalue weighted by atomic mass is 16.2. The summed E-state index contributed by atoms with van der Waals surface area (Å²) in [5, 5.41) is 3.06. The van der Waals surface area contributed by atoms with Crippen LogP contribution in [0.2, 0.25) is 0 Å². The molecule has 0 spiro atoms. The van der Waals surface area contributed by atoms with Crippen molar-refractivity contribution in [2.24, 2.45) is 41.2 Å². The van der Waals surface area contributed by atoms with Gasteiger partial charge in [-0.05, 0) is 48.1 Å². The van der Waals surface area contributed by atoms with Gasteiger partial charge in [0, 0.05) is 48.7 Å². The third kappa shape index (κ3) is 13.2. The number of nitrogens with one attached hydrogen (secondary N) is 1. The van der Waals surface area contributed by atoms with E-state index in [1.807, 2.05) is 99.6 Å². The van der Waals surface area contributed by atoms with Crippen molar-refractivity contribution >= 4 is 41.4 Å². The van der Waals surface area contributed by atoms with Gasteiger partial charge in [-0.2, -0.15) is 0 Å². The molecule has 15 nitrogen and oxygen atoms in total. The number of nitrogens with zero attached hydrogens (tertiary/aromatic N) is 6. The standard InChI is InChI=1S/C46H80N8O7/c1-26(2)34(48-13)42(57)51(16)37(29(7)8)44(59)53(18)39(31(11)12)46(61)54(19)38(30(9)10)45(60)52(17)36(28(5)6)43(58)49(14)33(25-32-23-21-20-22-24-32)41(56)50(15)35(27(3)4)40(47)55/h20-24,26-31,33-39,48H,25H2,1-19H3,(H2,47,55). The van der Waals surface area contributed by atoms with E-state index in [0.29, 0.717) is 0 Å². The lowest BCUT2D eigenvalue weighted by Crippen LogP contribution is -2.63. The van der Waals surface area contributed by atoms with Crippen LogP contribution in [0, 0.1) is 35.5 Å². The smallest absolute Gasteiger partial charge is 0.246 e. The van der Waals surface area contributed by atoms with Gasteiger partial charge in [0.05, 0.1) is 6.04 Å². The maximum Gasteiger partial charge on any atom is 0.246 e. The summed E-state index contributed by atoms with van der Waals surface area (Å²) in [7, 11) is 11.0. The Morgan fingerprint density at radius 2 is 0.738 bits per heavy atom. The minimum atomic E-state index is -1.05. The highest BCUT2D eigenvalue weighted by molar-refractivity contribution is 5.97. The Morgan fingerprint density at radius 3 is 1.02 bits per heavy atom. The molecule has 1 aromatic rings. The van der Waals surface area contributed by atoms with E-state index in [4.69, 9.17) is 5.73 Å². The second-order valence-corrected chi connectivity index (χ2v) is 18.8. The Kier molecular flexibility index (Phi) is 21.1. The second-order valence-electron chi connectivity index (χ2n) is 18.8. The zero-order valence-electron chi connectivity index (χ0n) is 40.7. The van der Waals surface area contributed by atoms with Gasteiger partial charge in [0.25, 0.3) is 0 Å². The average molecular weight is 857 g/mol. The molecular weight excluding hydrogens is 777 g/mol. The van der Waals surface area contributed by atoms with E-state index in [-0.39, 0.29) is 36.0 Å². The average Bonchev–Trinajstić information content (AvgIpc) is 3.15. The quantitative estimate of drug-likeness (QED) is 0.179. The van der Waals surface area contributed by atoms with Crippen molar-refractivity contribution in [2.45, 2.75) is 132 Å². The van der Waals surface area contributed by atoms with Crippen LogP contribution in [0.1, 0.15) is 88.6 Å². The maximum atomic E-state index is 14.8. The molecule has 0 fully saturated rings. The first kappa shape index (κ1) is 54.5. The van der Waals surface area contributed by atoms with Crippen LogP contribution in [0.15, 0.2) is 30.3 Å². The number of hydrogen-bond donors (Lipinski definition) is 2. The van der Waals surface area contributed by atoms with Crippen molar-refractivity contribution in [1.82, 2.24) is 34.7 Å². The van der Waals surface area contributed by atoms with Gasteiger partial charge >= 0.3 is 0 Å². The van der Waals surface area contributed by atoms with Crippen molar-refractivity contribution in [3.63, 3.8) is 0 Å². The van der Waals surface area contributed by atoms with E-state index in [2.05, 4.69) is 5.32 Å². The Balaban J connectivity index is 3.66. The molecule has 0 saturated heterocycles. The zero-order valence-corrected chi connectivity index (χ0v) is 40.7. The number of likely N-dealkylation sites (N-methyl/N-ethyl adjacent to an activating group) is 7. The SMILES string of the molecule is CNC(C(=O)N(C)C(C(=O)N(C)C(C(=O)N(C)C(C(=O)N(C)C(C(=O)N(C)C(Cc1ccccc1)C(=O)N(C)C(C(N)=O)C(C)C)C(C)C)C(C)C)C(C)C)C(C)C)C(C)C. The molecule has 0 aliphatic heterocycles. The minimum absolute atomic E-state index is 0.0282. The van der Waals surface area contributed by atoms with Crippen LogP contribution in [0.4, 0.5) is 0 Å². The van der Waals surface area contributed by atoms with Crippen LogP contribution in [-0.2, 0) is 40.0 Å². The lowest BCUT2D eigenvalue weighted by molar-refractivity contribution is -0.159. The van der Waals surface area contributed by atoms with Gasteiger partial charge in [-0.25, -0.2) is 0 Å². The molecule has 0 radical (unpaired) electrons. The number of primary amides is 1. The van der Waals surface area contributed by atoms with Crippen LogP contribution in [-0.4, -0.2) is 162 Å². The topological polar surface area (TPSA) is 177 Å². The van der Waals surface area contributed by atoms with Crippen LogP contribution in [0.3, 0.4) is 0 Å². The predicted molar refractivity (Wildman–Crippen MR) is 241 cm³/mol. The van der Waals surface area contributed by atoms with Gasteiger partial charge in [0.2, 0.25) is 41.4 Å². The van der Waals surface area contributed by atoms with Gasteiger partial charge in [0.1, 0.15) is 36.3 Å². The second kappa shape index (κ2) is 23.6. The third-order valence-electron chi connectivity index (χ3n) is 11.9. The Hall–Kier alpha value is -4.53. The largest absolute Gasteiger partial charge is 0.368 e. The summed E-state index contributed by atoms with van der Waals surface area (Å²) in [4.78, 5) is 107. The summed E-state index contributed by atoms with van der Waals surface area (Å²) >= 11 is 0. The number of amides is 7. The fourth-order valence-electron chi connectivity index (χ4n) is 8.66. The molecule has 346 valence electrons. The van der Waals surface area contributed by atoms with Crippen LogP contribution in [0.5, 0.6) is 0 Å². The normalized spacial score (nSPS) is 15.2. The Morgan fingerprint density at radius 1 is 0.443 bits per heavy atom. The molecule has 0 bridgehead atoms. The van der Waals surface area contributed by atoms with Gasteiger partial charge in [-0.15, -0.1) is 0 Å². The molecule has 0 saturated carbocycles. The first-order chi connectivity index (χ1) is 28.1. The Labute approximate surface area is 367 Å². The first-order valence-electron chi connectivity index (χ1n) is 21.7. The Bertz CT molecular complexity index is 1650. The fourth-order valence-corrected chi connectivity index (χ4v) is 8.66. The van der Waals surface area contributed by atoms with Crippen molar-refractivity contribution in [3.05, 3.63) is 35.9 Å². The molecule has 1 rings (SSSR count). The molecule has 3 N–H and O–H groups in total. The molecule has 7 amide bonds. The van der Waals surface area contributed by atoms with Gasteiger partial charge < -0.3 is 40.4 Å². The molecule has 0 aliphatic rings. The summed E-state index contributed by atoms with van der Waals surface area (Å²) in [6, 6.07) is 2.81. The van der Waals surface area contributed by atoms with Gasteiger partial charge in [-0.3, -0.25) is 33.6 Å². The van der Waals surface area contributed by atoms with Crippen LogP contribution < -0.4 is 11.1 Å². The van der Waals surface area contributed by atoms with Crippen LogP contribution >= 0.6 is 0 Å². The van der Waals surface area contributed by atoms with Crippen molar-refractivity contribution in [3.8, 4) is 0 Å². The van der Waals surface area contributed by atoms with E-state index in [9.17, 15) is 33.6 Å². The number of hydrogen-bond acceptors (Lipinski definition) is 8. The monoisotopic (exact) mass is 857 g/mol. The molecule has 0 heterocycles. The number of nitrogens with two attached hydrogens (primary N) is 1. The number of carbonyl (C=O) groups excluding carboxylic acids is 7. The summed E-state index contributed by atoms with van der Waals surface area (Å²) < 4.78 is 0. The van der Waals surface area contributed by atoms with E-state index >= 15 is 0 Å². The lowest BCUT2D eigenvalue weighted by Gasteiger charge is -2.43. The minimum Gasteiger partial charge on any atom is -0.368 e. The summed E-state index contributed by atoms with van der Waals surface area (Å²) in [5.74, 6) is -5.03. The number of rotatable bonds is 22. The first-order valence-corrected chi connectivity index (χ1v) is 21.7. The van der Waals surface area contributed by atoms with Crippen molar-refractivity contribution in [1.29, 1.82) is 0 Å². The predicted octanol–water partition coefficient (Wildman–Crippen LogP) is 3.20. The molecule has 15 heteroatoms.